The first kappa shape index (κ1) is 14.6. The second-order valence-electron chi connectivity index (χ2n) is 5.74. The highest BCUT2D eigenvalue weighted by molar-refractivity contribution is 7.17. The van der Waals surface area contributed by atoms with Crippen LogP contribution in [0.15, 0.2) is 35.0 Å². The zero-order valence-electron chi connectivity index (χ0n) is 12.8. The molecule has 0 saturated carbocycles. The lowest BCUT2D eigenvalue weighted by Gasteiger charge is -2.06. The van der Waals surface area contributed by atoms with E-state index in [1.807, 2.05) is 24.4 Å². The summed E-state index contributed by atoms with van der Waals surface area (Å²) in [6.07, 6.45) is 3.48. The third kappa shape index (κ3) is 2.82. The Morgan fingerprint density at radius 3 is 2.91 bits per heavy atom. The monoisotopic (exact) mass is 340 g/mol. The second kappa shape index (κ2) is 5.91. The molecule has 1 aliphatic carbocycles. The van der Waals surface area contributed by atoms with E-state index in [9.17, 15) is 4.79 Å². The number of nitrogens with one attached hydrogen (secondary N) is 1. The van der Waals surface area contributed by atoms with Crippen LogP contribution in [-0.2, 0) is 12.8 Å². The Hall–Kier alpha value is -1.98. The maximum Gasteiger partial charge on any atom is 0.267 e. The molecule has 0 fully saturated rings. The van der Waals surface area contributed by atoms with E-state index in [1.165, 1.54) is 28.9 Å². The van der Waals surface area contributed by atoms with Crippen molar-refractivity contribution in [2.75, 3.05) is 5.32 Å². The van der Waals surface area contributed by atoms with Crippen molar-refractivity contribution in [3.63, 3.8) is 0 Å². The minimum atomic E-state index is -0.0700. The largest absolute Gasteiger partial charge is 0.321 e. The van der Waals surface area contributed by atoms with Crippen LogP contribution in [0.4, 0.5) is 5.69 Å². The molecule has 3 nitrogen and oxygen atoms in total. The number of hydrogen-bond donors (Lipinski definition) is 1. The summed E-state index contributed by atoms with van der Waals surface area (Å²) in [5.41, 5.74) is 5.52. The van der Waals surface area contributed by atoms with Gasteiger partial charge >= 0.3 is 0 Å². The normalized spacial score (nSPS) is 13.1. The van der Waals surface area contributed by atoms with Crippen LogP contribution in [0.3, 0.4) is 0 Å². The topological polar surface area (TPSA) is 42.0 Å². The maximum atomic E-state index is 12.6. The summed E-state index contributed by atoms with van der Waals surface area (Å²) in [6.45, 7) is 1.89. The number of anilines is 1. The predicted octanol–water partition coefficient (Wildman–Crippen LogP) is 4.92. The van der Waals surface area contributed by atoms with Crippen LogP contribution in [-0.4, -0.2) is 10.9 Å². The lowest BCUT2D eigenvalue weighted by Crippen LogP contribution is -2.11. The van der Waals surface area contributed by atoms with E-state index < -0.39 is 0 Å². The first-order valence-electron chi connectivity index (χ1n) is 7.64. The molecule has 0 radical (unpaired) electrons. The highest BCUT2D eigenvalue weighted by Crippen LogP contribution is 2.30. The van der Waals surface area contributed by atoms with Crippen molar-refractivity contribution in [2.24, 2.45) is 0 Å². The lowest BCUT2D eigenvalue weighted by molar-refractivity contribution is 0.103. The zero-order valence-corrected chi connectivity index (χ0v) is 14.4. The van der Waals surface area contributed by atoms with Gasteiger partial charge in [0.2, 0.25) is 0 Å². The molecule has 4 rings (SSSR count). The Morgan fingerprint density at radius 1 is 1.22 bits per heavy atom. The number of aryl methyl sites for hydroxylation is 3. The number of rotatable bonds is 3. The van der Waals surface area contributed by atoms with E-state index in [2.05, 4.69) is 27.8 Å². The van der Waals surface area contributed by atoms with Gasteiger partial charge in [-0.15, -0.1) is 11.3 Å². The number of thiazole rings is 1. The van der Waals surface area contributed by atoms with Crippen LogP contribution in [0.5, 0.6) is 0 Å². The van der Waals surface area contributed by atoms with Gasteiger partial charge in [-0.05, 0) is 60.9 Å². The highest BCUT2D eigenvalue weighted by atomic mass is 32.1. The molecule has 0 bridgehead atoms. The molecule has 2 aromatic heterocycles. The molecule has 23 heavy (non-hydrogen) atoms. The molecule has 0 spiro atoms. The Kier molecular flexibility index (Phi) is 3.75. The molecule has 0 atom stereocenters. The number of carbonyl (C=O) groups excluding carboxylic acids is 1. The predicted molar refractivity (Wildman–Crippen MR) is 96.6 cm³/mol. The van der Waals surface area contributed by atoms with Gasteiger partial charge in [0.1, 0.15) is 9.88 Å². The SMILES string of the molecule is Cc1nc(-c2ccsc2)sc1C(=O)Nc1ccc2c(c1)CCC2. The minimum Gasteiger partial charge on any atom is -0.321 e. The van der Waals surface area contributed by atoms with Gasteiger partial charge in [0.05, 0.1) is 5.69 Å². The van der Waals surface area contributed by atoms with Crippen molar-refractivity contribution in [2.45, 2.75) is 26.2 Å². The van der Waals surface area contributed by atoms with Gasteiger partial charge in [0.15, 0.2) is 0 Å². The first-order chi connectivity index (χ1) is 11.2. The molecule has 1 aromatic carbocycles. The summed E-state index contributed by atoms with van der Waals surface area (Å²) in [4.78, 5) is 17.8. The summed E-state index contributed by atoms with van der Waals surface area (Å²) in [6, 6.07) is 8.27. The standard InChI is InChI=1S/C18H16N2OS2/c1-11-16(23-18(19-11)14-7-8-22-10-14)17(21)20-15-6-5-12-3-2-4-13(12)9-15/h5-10H,2-4H2,1H3,(H,20,21). The van der Waals surface area contributed by atoms with Gasteiger partial charge in [0, 0.05) is 16.6 Å². The van der Waals surface area contributed by atoms with Crippen molar-refractivity contribution >= 4 is 34.3 Å². The average molecular weight is 340 g/mol. The highest BCUT2D eigenvalue weighted by Gasteiger charge is 2.17. The molecule has 0 saturated heterocycles. The van der Waals surface area contributed by atoms with Crippen LogP contribution in [0.1, 0.15) is 32.9 Å². The first-order valence-corrected chi connectivity index (χ1v) is 9.40. The fourth-order valence-corrected chi connectivity index (χ4v) is 4.63. The van der Waals surface area contributed by atoms with E-state index in [0.717, 1.165) is 34.8 Å². The number of benzene rings is 1. The number of amides is 1. The van der Waals surface area contributed by atoms with Crippen molar-refractivity contribution < 1.29 is 4.79 Å². The molecule has 116 valence electrons. The summed E-state index contributed by atoms with van der Waals surface area (Å²) in [7, 11) is 0. The summed E-state index contributed by atoms with van der Waals surface area (Å²) >= 11 is 3.09. The lowest BCUT2D eigenvalue weighted by atomic mass is 10.1. The second-order valence-corrected chi connectivity index (χ2v) is 7.52. The van der Waals surface area contributed by atoms with E-state index in [-0.39, 0.29) is 5.91 Å². The minimum absolute atomic E-state index is 0.0700. The molecule has 3 aromatic rings. The number of fused-ring (bicyclic) bond motifs is 1. The van der Waals surface area contributed by atoms with Crippen LogP contribution >= 0.6 is 22.7 Å². The molecular formula is C18H16N2OS2. The van der Waals surface area contributed by atoms with Crippen LogP contribution in [0, 0.1) is 6.92 Å². The van der Waals surface area contributed by atoms with Crippen LogP contribution in [0.2, 0.25) is 0 Å². The third-order valence-electron chi connectivity index (χ3n) is 4.13. The van der Waals surface area contributed by atoms with Crippen molar-refractivity contribution in [1.29, 1.82) is 0 Å². The molecule has 1 aliphatic rings. The van der Waals surface area contributed by atoms with Crippen LogP contribution in [0.25, 0.3) is 10.6 Å². The number of aromatic nitrogens is 1. The van der Waals surface area contributed by atoms with Gasteiger partial charge in [-0.25, -0.2) is 4.98 Å². The van der Waals surface area contributed by atoms with Gasteiger partial charge in [0.25, 0.3) is 5.91 Å². The summed E-state index contributed by atoms with van der Waals surface area (Å²) in [5, 5.41) is 8.01. The molecule has 1 N–H and O–H groups in total. The summed E-state index contributed by atoms with van der Waals surface area (Å²) in [5.74, 6) is -0.0700. The smallest absolute Gasteiger partial charge is 0.267 e. The van der Waals surface area contributed by atoms with E-state index in [0.29, 0.717) is 4.88 Å². The van der Waals surface area contributed by atoms with Gasteiger partial charge in [-0.2, -0.15) is 11.3 Å². The van der Waals surface area contributed by atoms with E-state index in [4.69, 9.17) is 0 Å². The summed E-state index contributed by atoms with van der Waals surface area (Å²) < 4.78 is 0. The molecule has 0 unspecified atom stereocenters. The molecule has 1 amide bonds. The zero-order chi connectivity index (χ0) is 15.8. The third-order valence-corrected chi connectivity index (χ3v) is 6.02. The van der Waals surface area contributed by atoms with Crippen molar-refractivity contribution in [3.05, 3.63) is 56.7 Å². The van der Waals surface area contributed by atoms with Crippen molar-refractivity contribution in [3.8, 4) is 10.6 Å². The molecule has 2 heterocycles. The van der Waals surface area contributed by atoms with Gasteiger partial charge < -0.3 is 5.32 Å². The fraction of sp³-hybridized carbons (Fsp3) is 0.222. The number of carbonyl (C=O) groups is 1. The van der Waals surface area contributed by atoms with E-state index >= 15 is 0 Å². The molecule has 5 heteroatoms. The Labute approximate surface area is 143 Å². The van der Waals surface area contributed by atoms with Crippen LogP contribution < -0.4 is 5.32 Å². The molecule has 0 aliphatic heterocycles. The Balaban J connectivity index is 1.57. The average Bonchev–Trinajstić information content (AvgIpc) is 3.26. The number of thiophene rings is 1. The Bertz CT molecular complexity index is 865. The number of hydrogen-bond acceptors (Lipinski definition) is 4. The maximum absolute atomic E-state index is 12.6. The van der Waals surface area contributed by atoms with Crippen molar-refractivity contribution in [1.82, 2.24) is 4.98 Å². The van der Waals surface area contributed by atoms with Gasteiger partial charge in [-0.3, -0.25) is 4.79 Å². The van der Waals surface area contributed by atoms with Gasteiger partial charge in [-0.1, -0.05) is 6.07 Å². The quantitative estimate of drug-likeness (QED) is 0.735. The van der Waals surface area contributed by atoms with E-state index in [1.54, 1.807) is 11.3 Å². The molecular weight excluding hydrogens is 324 g/mol. The Morgan fingerprint density at radius 2 is 2.09 bits per heavy atom. The fourth-order valence-electron chi connectivity index (χ4n) is 2.95. The number of nitrogens with zero attached hydrogens (tertiary/aromatic N) is 1.